The van der Waals surface area contributed by atoms with E-state index in [1.807, 2.05) is 0 Å². The lowest BCUT2D eigenvalue weighted by Gasteiger charge is -2.38. The molecule has 1 N–H and O–H groups in total. The largest absolute Gasteiger partial charge is 0.493 e. The van der Waals surface area contributed by atoms with Gasteiger partial charge in [0.25, 0.3) is 14.4 Å². The number of hydrogen-bond acceptors (Lipinski definition) is 14. The number of esters is 3. The number of nitrogens with zero attached hydrogens (tertiary/aromatic N) is 2. The lowest BCUT2D eigenvalue weighted by Crippen LogP contribution is -2.34. The summed E-state index contributed by atoms with van der Waals surface area (Å²) in [6, 6.07) is 10.1. The van der Waals surface area contributed by atoms with Gasteiger partial charge < -0.3 is 42.8 Å². The number of ether oxygens (including phenoxy) is 6. The fourth-order valence-corrected chi connectivity index (χ4v) is 9.46. The molecule has 358 valence electrons. The van der Waals surface area contributed by atoms with E-state index in [1.165, 1.54) is 38.5 Å². The third-order valence-electron chi connectivity index (χ3n) is 10.6. The van der Waals surface area contributed by atoms with Crippen LogP contribution in [0, 0.1) is 22.2 Å². The van der Waals surface area contributed by atoms with Crippen molar-refractivity contribution < 1.29 is 56.6 Å². The van der Waals surface area contributed by atoms with Crippen molar-refractivity contribution in [3.8, 4) is 40.6 Å². The highest BCUT2D eigenvalue weighted by Gasteiger charge is 2.56. The topological polar surface area (TPSA) is 181 Å². The summed E-state index contributed by atoms with van der Waals surface area (Å²) in [6.45, 7) is 19.6. The second-order valence-electron chi connectivity index (χ2n) is 18.5. The number of carbonyl (C=O) groups is 4. The molecule has 0 saturated carbocycles. The lowest BCUT2D eigenvalue weighted by atomic mass is 9.76. The van der Waals surface area contributed by atoms with Crippen molar-refractivity contribution in [3.05, 3.63) is 68.2 Å². The van der Waals surface area contributed by atoms with Gasteiger partial charge in [-0.2, -0.15) is 5.26 Å². The number of unbranched alkanes of at least 4 members (excludes halogenated alkanes) is 3. The summed E-state index contributed by atoms with van der Waals surface area (Å²) < 4.78 is 50.3. The predicted molar refractivity (Wildman–Crippen MR) is 250 cm³/mol. The van der Waals surface area contributed by atoms with E-state index in [9.17, 15) is 19.2 Å². The van der Waals surface area contributed by atoms with Gasteiger partial charge >= 0.3 is 17.9 Å². The molecule has 0 aliphatic carbocycles. The highest BCUT2D eigenvalue weighted by Crippen LogP contribution is 2.64. The quantitative estimate of drug-likeness (QED) is 0.0518. The fraction of sp³-hybridized carbons (Fsp3) is 0.521. The van der Waals surface area contributed by atoms with Crippen LogP contribution in [0.5, 0.6) is 34.5 Å². The maximum Gasteiger partial charge on any atom is 0.340 e. The van der Waals surface area contributed by atoms with Crippen LogP contribution in [0.1, 0.15) is 139 Å². The van der Waals surface area contributed by atoms with Crippen LogP contribution < -0.4 is 29.0 Å². The highest BCUT2D eigenvalue weighted by atomic mass is 35.5. The Kier molecular flexibility index (Phi) is 17.0. The van der Waals surface area contributed by atoms with Crippen molar-refractivity contribution in [1.29, 1.82) is 5.26 Å². The van der Waals surface area contributed by atoms with Crippen molar-refractivity contribution in [2.75, 3.05) is 34.0 Å². The number of amides is 1. The van der Waals surface area contributed by atoms with Gasteiger partial charge in [-0.15, -0.1) is 0 Å². The van der Waals surface area contributed by atoms with E-state index < -0.39 is 48.8 Å². The van der Waals surface area contributed by atoms with Crippen LogP contribution in [-0.4, -0.2) is 74.5 Å². The molecule has 0 saturated heterocycles. The summed E-state index contributed by atoms with van der Waals surface area (Å²) in [7, 11) is 1.40. The zero-order chi connectivity index (χ0) is 48.9. The normalized spacial score (nSPS) is 14.2. The predicted octanol–water partition coefficient (Wildman–Crippen LogP) is 11.1. The minimum Gasteiger partial charge on any atom is -0.493 e. The van der Waals surface area contributed by atoms with Crippen LogP contribution in [-0.2, 0) is 29.0 Å². The molecule has 2 aliphatic rings. The molecule has 3 aromatic rings. The third-order valence-corrected chi connectivity index (χ3v) is 13.4. The number of halogens is 2. The first-order valence-corrected chi connectivity index (χ1v) is 23.7. The Balaban J connectivity index is 1.46. The Hall–Kier alpha value is -4.68. The number of fused-ring (bicyclic) bond motifs is 6. The monoisotopic (exact) mass is 971 g/mol. The molecule has 5 rings (SSSR count). The maximum absolute atomic E-state index is 14.0. The van der Waals surface area contributed by atoms with Crippen molar-refractivity contribution in [2.45, 2.75) is 119 Å². The average molecular weight is 973 g/mol. The van der Waals surface area contributed by atoms with E-state index in [4.69, 9.17) is 65.9 Å². The number of nitriles is 1. The third kappa shape index (κ3) is 11.0. The zero-order valence-corrected chi connectivity index (χ0v) is 42.1. The summed E-state index contributed by atoms with van der Waals surface area (Å²) in [6.07, 6.45) is 3.45. The molecule has 66 heavy (non-hydrogen) atoms. The van der Waals surface area contributed by atoms with E-state index >= 15 is 0 Å². The number of methoxy groups -OCH3 is 2. The molecule has 0 bridgehead atoms. The van der Waals surface area contributed by atoms with Gasteiger partial charge in [0.2, 0.25) is 0 Å². The average Bonchev–Trinajstić information content (AvgIpc) is 3.53. The lowest BCUT2D eigenvalue weighted by molar-refractivity contribution is -0.143. The van der Waals surface area contributed by atoms with Gasteiger partial charge in [-0.25, -0.2) is 9.46 Å². The number of hydrogen-bond donors (Lipinski definition) is 1. The zero-order valence-electron chi connectivity index (χ0n) is 39.7. The van der Waals surface area contributed by atoms with Gasteiger partial charge in [-0.05, 0) is 112 Å². The number of nitrogens with one attached hydrogen (secondary N) is 1. The second-order valence-corrected chi connectivity index (χ2v) is 20.7. The summed E-state index contributed by atoms with van der Waals surface area (Å²) >= 11 is 14.2. The van der Waals surface area contributed by atoms with E-state index in [1.54, 1.807) is 47.6 Å². The standard InChI is InChI=1S/C48H60Cl2N3O12P/c1-27(2)53(28(3)4)66(61-23-17-20-51)60-22-16-14-13-15-21-52-42(54)29-18-19-30-31(24-29)48(65-43(30)55)32-25-34(58-11)40(63-44(56)46(5,6)7)36(49)38(32)62-39-33(48)26-35(59-12)41(37(39)50)64-45(57)47(8,9)10/h18-19,24-28H,13-17,21-23H2,1-12H3,(H,52,54). The second kappa shape index (κ2) is 21.5. The molecule has 0 fully saturated rings. The Bertz CT molecular complexity index is 2270. The summed E-state index contributed by atoms with van der Waals surface area (Å²) in [5.41, 5.74) is -2.90. The highest BCUT2D eigenvalue weighted by molar-refractivity contribution is 7.44. The van der Waals surface area contributed by atoms with E-state index in [2.05, 4.69) is 43.8 Å². The molecule has 18 heteroatoms. The number of benzene rings is 3. The van der Waals surface area contributed by atoms with Crippen LogP contribution in [0.15, 0.2) is 30.3 Å². The smallest absolute Gasteiger partial charge is 0.340 e. The van der Waals surface area contributed by atoms with Crippen LogP contribution >= 0.6 is 31.7 Å². The van der Waals surface area contributed by atoms with Gasteiger partial charge in [0, 0.05) is 29.8 Å². The summed E-state index contributed by atoms with van der Waals surface area (Å²) in [4.78, 5) is 54.3. The Morgan fingerprint density at radius 2 is 1.30 bits per heavy atom. The molecule has 1 atom stereocenters. The maximum atomic E-state index is 14.0. The van der Waals surface area contributed by atoms with Gasteiger partial charge in [0.1, 0.15) is 10.0 Å². The SMILES string of the molecule is COc1cc2c(c(Cl)c1OC(=O)C(C)(C)C)Oc1c(cc(OC)c(OC(=O)C(C)(C)C)c1Cl)C21OC(=O)c2ccc(C(=O)NCCCCCCOP(OCCC#N)N(C(C)C)C(C)C)cc21. The van der Waals surface area contributed by atoms with Gasteiger partial charge in [-0.3, -0.25) is 14.4 Å². The molecule has 1 spiro atoms. The fourth-order valence-electron chi connectivity index (χ4n) is 7.28. The molecule has 1 unspecified atom stereocenters. The molecule has 2 heterocycles. The van der Waals surface area contributed by atoms with E-state index in [0.717, 1.165) is 19.3 Å². The number of rotatable bonds is 19. The van der Waals surface area contributed by atoms with E-state index in [-0.39, 0.29) is 84.4 Å². The van der Waals surface area contributed by atoms with Crippen molar-refractivity contribution in [2.24, 2.45) is 10.8 Å². The number of carbonyl (C=O) groups excluding carboxylic acids is 4. The van der Waals surface area contributed by atoms with Crippen molar-refractivity contribution in [1.82, 2.24) is 9.99 Å². The van der Waals surface area contributed by atoms with Gasteiger partial charge in [0.05, 0.1) is 67.4 Å². The van der Waals surface area contributed by atoms with Crippen molar-refractivity contribution in [3.63, 3.8) is 0 Å². The van der Waals surface area contributed by atoms with E-state index in [0.29, 0.717) is 32.6 Å². The summed E-state index contributed by atoms with van der Waals surface area (Å²) in [5.74, 6) is -2.91. The van der Waals surface area contributed by atoms with Crippen LogP contribution in [0.4, 0.5) is 0 Å². The van der Waals surface area contributed by atoms with Crippen LogP contribution in [0.25, 0.3) is 0 Å². The first-order chi connectivity index (χ1) is 31.0. The Labute approximate surface area is 398 Å². The molecule has 2 aliphatic heterocycles. The first-order valence-electron chi connectivity index (χ1n) is 21.8. The minimum atomic E-state index is -1.91. The summed E-state index contributed by atoms with van der Waals surface area (Å²) in [5, 5.41) is 11.6. The Morgan fingerprint density at radius 3 is 1.79 bits per heavy atom. The van der Waals surface area contributed by atoms with Crippen LogP contribution in [0.2, 0.25) is 10.0 Å². The molecule has 3 aromatic carbocycles. The van der Waals surface area contributed by atoms with Crippen LogP contribution in [0.3, 0.4) is 0 Å². The molecule has 0 aromatic heterocycles. The van der Waals surface area contributed by atoms with Crippen molar-refractivity contribution >= 4 is 55.5 Å². The van der Waals surface area contributed by atoms with Gasteiger partial charge in [-0.1, -0.05) is 36.0 Å². The molecule has 15 nitrogen and oxygen atoms in total. The Morgan fingerprint density at radius 1 is 0.788 bits per heavy atom. The van der Waals surface area contributed by atoms with Gasteiger partial charge in [0.15, 0.2) is 40.1 Å². The minimum absolute atomic E-state index is 0.0133. The molecule has 1 amide bonds. The molecule has 0 radical (unpaired) electrons. The molecular formula is C48H60Cl2N3O12P. The first kappa shape index (κ1) is 52.3. The molecular weight excluding hydrogens is 912 g/mol.